The minimum atomic E-state index is -1.21. The predicted molar refractivity (Wildman–Crippen MR) is 121 cm³/mol. The van der Waals surface area contributed by atoms with Crippen molar-refractivity contribution in [2.75, 3.05) is 18.6 Å². The van der Waals surface area contributed by atoms with Gasteiger partial charge in [-0.15, -0.1) is 11.8 Å². The normalized spacial score (nSPS) is 20.0. The number of pyridine rings is 1. The zero-order valence-electron chi connectivity index (χ0n) is 18.2. The quantitative estimate of drug-likeness (QED) is 0.175. The van der Waals surface area contributed by atoms with E-state index in [0.29, 0.717) is 16.9 Å². The topological polar surface area (TPSA) is 177 Å². The third kappa shape index (κ3) is 3.97. The van der Waals surface area contributed by atoms with Gasteiger partial charge < -0.3 is 29.9 Å². The van der Waals surface area contributed by atoms with E-state index in [1.54, 1.807) is 18.5 Å². The highest BCUT2D eigenvalue weighted by molar-refractivity contribution is 8.00. The summed E-state index contributed by atoms with van der Waals surface area (Å²) in [4.78, 5) is 43.8. The molecule has 3 aromatic heterocycles. The van der Waals surface area contributed by atoms with Crippen LogP contribution in [0.5, 0.6) is 0 Å². The molecule has 5 rings (SSSR count). The average molecular weight is 499 g/mol. The Balaban J connectivity index is 1.36. The number of β-lactam (4-membered cyclic amide) rings is 1. The fourth-order valence-electron chi connectivity index (χ4n) is 3.99. The number of rotatable bonds is 7. The molecule has 0 saturated carbocycles. The second-order valence-electron chi connectivity index (χ2n) is 7.71. The number of carboxylic acids is 1. The van der Waals surface area contributed by atoms with Gasteiger partial charge in [0.25, 0.3) is 11.8 Å². The van der Waals surface area contributed by atoms with E-state index >= 15 is 0 Å². The summed E-state index contributed by atoms with van der Waals surface area (Å²) in [5.41, 5.74) is 6.51. The number of carboxylic acid groups (broad SMARTS) is 1. The molecule has 5 heterocycles. The van der Waals surface area contributed by atoms with Crippen LogP contribution in [0.1, 0.15) is 5.69 Å². The van der Waals surface area contributed by atoms with Crippen molar-refractivity contribution in [1.29, 1.82) is 0 Å². The number of oxime groups is 1. The molecule has 1 saturated heterocycles. The molecule has 1 fully saturated rings. The Morgan fingerprint density at radius 3 is 3.00 bits per heavy atom. The Hall–Kier alpha value is -4.33. The first-order valence-corrected chi connectivity index (χ1v) is 11.3. The van der Waals surface area contributed by atoms with Gasteiger partial charge >= 0.3 is 5.97 Å². The van der Waals surface area contributed by atoms with Crippen LogP contribution in [0.4, 0.5) is 5.88 Å². The molecule has 2 aliphatic heterocycles. The molecule has 180 valence electrons. The molecule has 13 nitrogen and oxygen atoms in total. The van der Waals surface area contributed by atoms with Gasteiger partial charge in [0.05, 0.1) is 11.6 Å². The lowest BCUT2D eigenvalue weighted by molar-refractivity contribution is -0.687. The molecule has 14 heteroatoms. The average Bonchev–Trinajstić information content (AvgIpc) is 3.48. The first kappa shape index (κ1) is 22.5. The molecule has 2 aliphatic rings. The third-order valence-electron chi connectivity index (χ3n) is 5.53. The van der Waals surface area contributed by atoms with Gasteiger partial charge in [0.2, 0.25) is 5.88 Å². The number of nitrogens with two attached hydrogens (primary N) is 1. The van der Waals surface area contributed by atoms with Crippen molar-refractivity contribution in [3.8, 4) is 0 Å². The molecule has 2 amide bonds. The molecule has 35 heavy (non-hydrogen) atoms. The highest BCUT2D eigenvalue weighted by atomic mass is 32.2. The Labute approximate surface area is 201 Å². The fraction of sp³-hybridized carbons (Fsp3) is 0.238. The minimum Gasteiger partial charge on any atom is -0.477 e. The van der Waals surface area contributed by atoms with Gasteiger partial charge in [-0.1, -0.05) is 10.3 Å². The largest absolute Gasteiger partial charge is 0.477 e. The summed E-state index contributed by atoms with van der Waals surface area (Å²) < 4.78 is 11.9. The standard InChI is InChI=1S/C21H18N6O7S/c1-32-25-15(12-6-14(22)34-24-12)18(28)23-16-19(29)27-17(21(30)31)11(9-35-20(16)27)8-26-4-2-13-10(7-26)3-5-33-13/h2-7,16,20H,8-9H2,1H3,(H3-,22,23,24,28,30,31)/p+1/t16?,20-/m0/s1. The maximum atomic E-state index is 13.0. The summed E-state index contributed by atoms with van der Waals surface area (Å²) in [5, 5.41) is 20.1. The lowest BCUT2D eigenvalue weighted by Crippen LogP contribution is -2.71. The number of nitrogens with one attached hydrogen (secondary N) is 1. The number of thioether (sulfide) groups is 1. The Morgan fingerprint density at radius 2 is 2.29 bits per heavy atom. The number of amides is 2. The molecule has 0 bridgehead atoms. The minimum absolute atomic E-state index is 0.0288. The Kier molecular flexibility index (Phi) is 5.64. The molecule has 0 spiro atoms. The number of nitrogens with zero attached hydrogens (tertiary/aromatic N) is 4. The summed E-state index contributed by atoms with van der Waals surface area (Å²) >= 11 is 1.36. The van der Waals surface area contributed by atoms with E-state index in [9.17, 15) is 19.5 Å². The zero-order valence-corrected chi connectivity index (χ0v) is 19.0. The molecule has 0 aromatic carbocycles. The molecular formula is C21H19N6O7S+. The molecule has 4 N–H and O–H groups in total. The molecule has 0 radical (unpaired) electrons. The number of anilines is 1. The highest BCUT2D eigenvalue weighted by Crippen LogP contribution is 2.40. The number of aromatic nitrogens is 2. The number of carbonyl (C=O) groups excluding carboxylic acids is 2. The van der Waals surface area contributed by atoms with E-state index in [4.69, 9.17) is 19.5 Å². The van der Waals surface area contributed by atoms with Crippen molar-refractivity contribution in [3.05, 3.63) is 53.8 Å². The summed E-state index contributed by atoms with van der Waals surface area (Å²) in [6.07, 6.45) is 5.20. The van der Waals surface area contributed by atoms with Crippen molar-refractivity contribution < 1.29 is 37.8 Å². The van der Waals surface area contributed by atoms with Crippen molar-refractivity contribution >= 4 is 52.1 Å². The van der Waals surface area contributed by atoms with Crippen LogP contribution >= 0.6 is 11.8 Å². The van der Waals surface area contributed by atoms with E-state index in [0.717, 1.165) is 5.39 Å². The van der Waals surface area contributed by atoms with Crippen LogP contribution in [-0.4, -0.2) is 62.9 Å². The number of nitrogen functional groups attached to an aromatic ring is 1. The molecule has 0 aliphatic carbocycles. The summed E-state index contributed by atoms with van der Waals surface area (Å²) in [5.74, 6) is -2.17. The Bertz CT molecular complexity index is 1410. The van der Waals surface area contributed by atoms with E-state index in [1.807, 2.05) is 16.8 Å². The first-order valence-electron chi connectivity index (χ1n) is 10.3. The van der Waals surface area contributed by atoms with Crippen LogP contribution < -0.4 is 15.6 Å². The SMILES string of the molecule is CON=C(C(=O)NC1C(=O)N2C(C(=O)O)=C(C[n+]3ccc4occc4c3)CS[C@@H]12)c1cc(N)on1. The van der Waals surface area contributed by atoms with Gasteiger partial charge in [0, 0.05) is 23.5 Å². The van der Waals surface area contributed by atoms with Crippen LogP contribution in [0.3, 0.4) is 0 Å². The van der Waals surface area contributed by atoms with Crippen molar-refractivity contribution in [1.82, 2.24) is 15.4 Å². The second-order valence-corrected chi connectivity index (χ2v) is 8.82. The van der Waals surface area contributed by atoms with Gasteiger partial charge in [-0.25, -0.2) is 9.36 Å². The van der Waals surface area contributed by atoms with E-state index < -0.39 is 29.2 Å². The maximum absolute atomic E-state index is 13.0. The predicted octanol–water partition coefficient (Wildman–Crippen LogP) is 0.0798. The lowest BCUT2D eigenvalue weighted by Gasteiger charge is -2.49. The first-order chi connectivity index (χ1) is 16.9. The second kappa shape index (κ2) is 8.79. The lowest BCUT2D eigenvalue weighted by atomic mass is 10.0. The van der Waals surface area contributed by atoms with E-state index in [1.165, 1.54) is 29.8 Å². The maximum Gasteiger partial charge on any atom is 0.352 e. The molecule has 1 unspecified atom stereocenters. The molecular weight excluding hydrogens is 480 g/mol. The highest BCUT2D eigenvalue weighted by Gasteiger charge is 2.54. The van der Waals surface area contributed by atoms with Crippen LogP contribution in [0.2, 0.25) is 0 Å². The van der Waals surface area contributed by atoms with Gasteiger partial charge in [-0.3, -0.25) is 14.5 Å². The van der Waals surface area contributed by atoms with Gasteiger partial charge in [-0.05, 0) is 6.07 Å². The van der Waals surface area contributed by atoms with Crippen molar-refractivity contribution in [2.45, 2.75) is 18.0 Å². The van der Waals surface area contributed by atoms with Crippen LogP contribution in [-0.2, 0) is 25.8 Å². The monoisotopic (exact) mass is 499 g/mol. The number of hydrogen-bond donors (Lipinski definition) is 3. The summed E-state index contributed by atoms with van der Waals surface area (Å²) in [6, 6.07) is 3.93. The zero-order chi connectivity index (χ0) is 24.7. The number of aliphatic carboxylic acids is 1. The van der Waals surface area contributed by atoms with Crippen LogP contribution in [0.25, 0.3) is 11.0 Å². The number of carbonyl (C=O) groups is 3. The van der Waals surface area contributed by atoms with Gasteiger partial charge in [0.1, 0.15) is 35.5 Å². The number of furan rings is 1. The van der Waals surface area contributed by atoms with E-state index in [2.05, 4.69) is 15.6 Å². The van der Waals surface area contributed by atoms with Crippen molar-refractivity contribution in [2.24, 2.45) is 5.16 Å². The fourth-order valence-corrected chi connectivity index (χ4v) is 5.32. The smallest absolute Gasteiger partial charge is 0.352 e. The molecule has 3 aromatic rings. The molecule has 2 atom stereocenters. The number of hydrogen-bond acceptors (Lipinski definition) is 10. The summed E-state index contributed by atoms with van der Waals surface area (Å²) in [6.45, 7) is 0.279. The van der Waals surface area contributed by atoms with Gasteiger partial charge in [-0.2, -0.15) is 0 Å². The Morgan fingerprint density at radius 1 is 1.46 bits per heavy atom. The third-order valence-corrected chi connectivity index (χ3v) is 6.87. The van der Waals surface area contributed by atoms with Gasteiger partial charge in [0.15, 0.2) is 24.7 Å². The van der Waals surface area contributed by atoms with E-state index in [-0.39, 0.29) is 29.5 Å². The van der Waals surface area contributed by atoms with Crippen LogP contribution in [0, 0.1) is 0 Å². The summed E-state index contributed by atoms with van der Waals surface area (Å²) in [7, 11) is 1.25. The number of fused-ring (bicyclic) bond motifs is 2. The van der Waals surface area contributed by atoms with Crippen molar-refractivity contribution in [3.63, 3.8) is 0 Å². The van der Waals surface area contributed by atoms with Crippen LogP contribution in [0.15, 0.2) is 62.2 Å².